The third-order valence-corrected chi connectivity index (χ3v) is 13.3. The van der Waals surface area contributed by atoms with E-state index in [0.29, 0.717) is 79.6 Å². The molecule has 2 fully saturated rings. The highest BCUT2D eigenvalue weighted by atomic mass is 19.1. The van der Waals surface area contributed by atoms with E-state index in [9.17, 15) is 29.1 Å². The molecule has 2 saturated heterocycles. The lowest BCUT2D eigenvalue weighted by Crippen LogP contribution is -2.60. The van der Waals surface area contributed by atoms with Crippen LogP contribution in [0.4, 0.5) is 4.39 Å². The van der Waals surface area contributed by atoms with Crippen molar-refractivity contribution in [1.29, 1.82) is 0 Å². The Labute approximate surface area is 399 Å². The Hall–Kier alpha value is -6.06. The molecular weight excluding hydrogens is 868 g/mol. The molecule has 0 saturated carbocycles. The van der Waals surface area contributed by atoms with Crippen LogP contribution in [0.5, 0.6) is 5.75 Å². The minimum atomic E-state index is -1.12. The number of benzene rings is 3. The highest BCUT2D eigenvalue weighted by Gasteiger charge is 2.39. The van der Waals surface area contributed by atoms with E-state index in [4.69, 9.17) is 9.47 Å². The van der Waals surface area contributed by atoms with Crippen LogP contribution in [0.3, 0.4) is 0 Å². The Morgan fingerprint density at radius 3 is 2.49 bits per heavy atom. The number of aromatic hydroxyl groups is 1. The molecule has 3 N–H and O–H groups in total. The summed E-state index contributed by atoms with van der Waals surface area (Å²) >= 11 is 0. The van der Waals surface area contributed by atoms with Gasteiger partial charge in [-0.1, -0.05) is 64.6 Å². The molecule has 3 heterocycles. The molecule has 15 heteroatoms. The predicted octanol–water partition coefficient (Wildman–Crippen LogP) is 6.83. The van der Waals surface area contributed by atoms with Gasteiger partial charge in [-0.15, -0.1) is 0 Å². The van der Waals surface area contributed by atoms with Crippen molar-refractivity contribution in [2.24, 2.45) is 17.3 Å². The molecule has 0 aliphatic carbocycles. The maximum atomic E-state index is 17.0. The number of phenols is 1. The molecule has 2 aliphatic heterocycles. The van der Waals surface area contributed by atoms with Gasteiger partial charge < -0.3 is 34.3 Å². The molecule has 1 unspecified atom stereocenters. The number of hydrogen-bond donors (Lipinski definition) is 3. The largest absolute Gasteiger partial charge is 0.508 e. The number of carbonyl (C=O) groups excluding carboxylic acids is 5. The molecule has 6 rings (SSSR count). The molecule has 0 spiro atoms. The number of phenolic OH excluding ortho intramolecular Hbond substituents is 1. The minimum absolute atomic E-state index is 0.0160. The minimum Gasteiger partial charge on any atom is -0.508 e. The number of ether oxygens (including phenoxy) is 2. The highest BCUT2D eigenvalue weighted by Crippen LogP contribution is 2.42. The standard InChI is InChI=1S/C53H69FN6O8/c1-10-46(63)58-21-18-37(30-58)51(65)57(8)47(33(3)4)50(64)55-45(52(66)60-20-14-15-34(5)56-60)25-35-23-38(26-40(62)24-35)39-27-42-43(29-53(6,7)31-68-32-61)48(59(11-2)49(42)44(54)28-39)41-17-13-12-16-36(41)19-22-67-9/h10,12-13,16-17,23-24,26-28,32-34,37,45,47,56,62H,1,11,14-15,18-22,25,29-31H2,2-9H3,(H,55,64)/t34-,37+,45+,47?/m1/s1. The maximum Gasteiger partial charge on any atom is 0.293 e. The number of carbonyl (C=O) groups is 5. The van der Waals surface area contributed by atoms with Crippen molar-refractivity contribution in [3.8, 4) is 28.1 Å². The monoisotopic (exact) mass is 937 g/mol. The Balaban J connectivity index is 1.40. The van der Waals surface area contributed by atoms with Crippen molar-refractivity contribution in [1.82, 2.24) is 30.1 Å². The molecule has 366 valence electrons. The molecule has 0 radical (unpaired) electrons. The van der Waals surface area contributed by atoms with Crippen molar-refractivity contribution in [2.75, 3.05) is 47.0 Å². The molecule has 4 amide bonds. The van der Waals surface area contributed by atoms with Gasteiger partial charge >= 0.3 is 0 Å². The lowest BCUT2D eigenvalue weighted by Gasteiger charge is -2.36. The van der Waals surface area contributed by atoms with Crippen LogP contribution in [-0.2, 0) is 59.3 Å². The van der Waals surface area contributed by atoms with Gasteiger partial charge in [0.1, 0.15) is 23.7 Å². The summed E-state index contributed by atoms with van der Waals surface area (Å²) in [4.78, 5) is 69.5. The second-order valence-corrected chi connectivity index (χ2v) is 19.5. The zero-order chi connectivity index (χ0) is 49.4. The number of hydrogen-bond acceptors (Lipinski definition) is 9. The van der Waals surface area contributed by atoms with E-state index in [2.05, 4.69) is 17.3 Å². The van der Waals surface area contributed by atoms with Crippen molar-refractivity contribution >= 4 is 41.0 Å². The first-order valence-electron chi connectivity index (χ1n) is 23.8. The van der Waals surface area contributed by atoms with Gasteiger partial charge in [0.25, 0.3) is 12.4 Å². The molecule has 68 heavy (non-hydrogen) atoms. The summed E-state index contributed by atoms with van der Waals surface area (Å²) in [5, 5.41) is 16.5. The molecule has 0 bridgehead atoms. The second kappa shape index (κ2) is 22.4. The molecule has 14 nitrogen and oxygen atoms in total. The van der Waals surface area contributed by atoms with Gasteiger partial charge in [-0.3, -0.25) is 29.0 Å². The molecule has 3 aromatic carbocycles. The Morgan fingerprint density at radius 1 is 1.07 bits per heavy atom. The number of likely N-dealkylation sites (N-methyl/N-ethyl adjacent to an activating group) is 1. The van der Waals surface area contributed by atoms with Crippen molar-refractivity contribution < 1.29 is 42.9 Å². The van der Waals surface area contributed by atoms with Crippen LogP contribution in [0.1, 0.15) is 77.5 Å². The first-order valence-corrected chi connectivity index (χ1v) is 23.8. The van der Waals surface area contributed by atoms with Crippen LogP contribution < -0.4 is 10.7 Å². The van der Waals surface area contributed by atoms with Crippen LogP contribution >= 0.6 is 0 Å². The van der Waals surface area contributed by atoms with Crippen LogP contribution in [0.15, 0.2) is 67.3 Å². The molecule has 4 aromatic rings. The predicted molar refractivity (Wildman–Crippen MR) is 261 cm³/mol. The fraction of sp³-hybridized carbons (Fsp3) is 0.491. The molecule has 1 aromatic heterocycles. The normalized spacial score (nSPS) is 17.3. The average molecular weight is 937 g/mol. The van der Waals surface area contributed by atoms with E-state index in [1.807, 2.05) is 76.4 Å². The van der Waals surface area contributed by atoms with E-state index in [-0.39, 0.29) is 55.0 Å². The molecule has 4 atom stereocenters. The number of fused-ring (bicyclic) bond motifs is 1. The zero-order valence-corrected chi connectivity index (χ0v) is 40.9. The number of amides is 4. The molecular formula is C53H69FN6O8. The number of methoxy groups -OCH3 is 1. The van der Waals surface area contributed by atoms with Gasteiger partial charge in [0.15, 0.2) is 0 Å². The van der Waals surface area contributed by atoms with E-state index in [1.165, 1.54) is 28.1 Å². The van der Waals surface area contributed by atoms with E-state index >= 15 is 4.39 Å². The maximum absolute atomic E-state index is 17.0. The third-order valence-electron chi connectivity index (χ3n) is 13.3. The van der Waals surface area contributed by atoms with Crippen LogP contribution in [0.2, 0.25) is 0 Å². The number of halogens is 1. The van der Waals surface area contributed by atoms with Crippen molar-refractivity contribution in [3.05, 3.63) is 89.8 Å². The average Bonchev–Trinajstić information content (AvgIpc) is 3.92. The smallest absolute Gasteiger partial charge is 0.293 e. The Kier molecular flexibility index (Phi) is 16.9. The SMILES string of the molecule is C=CC(=O)N1CC[C@H](C(=O)N(C)C(C(=O)N[C@@H](Cc2cc(O)cc(-c3cc(F)c4c(c3)c(CC(C)(C)COC=O)c(-c3ccccc3CCOC)n4CC)c2)C(=O)N2CCC[C@@H](C)N2)C(C)C)C1. The number of nitrogens with zero attached hydrogens (tertiary/aromatic N) is 4. The summed E-state index contributed by atoms with van der Waals surface area (Å²) in [5.74, 6) is -2.83. The van der Waals surface area contributed by atoms with Crippen LogP contribution in [0.25, 0.3) is 33.3 Å². The topological polar surface area (TPSA) is 163 Å². The van der Waals surface area contributed by atoms with Gasteiger partial charge in [0.05, 0.1) is 30.3 Å². The highest BCUT2D eigenvalue weighted by molar-refractivity contribution is 5.96. The summed E-state index contributed by atoms with van der Waals surface area (Å²) in [6, 6.07) is 14.2. The van der Waals surface area contributed by atoms with Crippen molar-refractivity contribution in [2.45, 2.75) is 105 Å². The van der Waals surface area contributed by atoms with E-state index in [1.54, 1.807) is 31.2 Å². The number of nitrogens with one attached hydrogen (secondary N) is 2. The van der Waals surface area contributed by atoms with E-state index < -0.39 is 35.1 Å². The molecule has 2 aliphatic rings. The van der Waals surface area contributed by atoms with Crippen molar-refractivity contribution in [3.63, 3.8) is 0 Å². The zero-order valence-electron chi connectivity index (χ0n) is 40.9. The fourth-order valence-electron chi connectivity index (χ4n) is 10.1. The Morgan fingerprint density at radius 2 is 1.81 bits per heavy atom. The summed E-state index contributed by atoms with van der Waals surface area (Å²) in [5.41, 5.74) is 8.35. The van der Waals surface area contributed by atoms with Gasteiger partial charge in [-0.2, -0.15) is 0 Å². The third kappa shape index (κ3) is 11.6. The number of hydrazine groups is 1. The summed E-state index contributed by atoms with van der Waals surface area (Å²) in [7, 11) is 3.24. The van der Waals surface area contributed by atoms with E-state index in [0.717, 1.165) is 35.2 Å². The van der Waals surface area contributed by atoms with Gasteiger partial charge in [0, 0.05) is 69.2 Å². The summed E-state index contributed by atoms with van der Waals surface area (Å²) in [6.07, 6.45) is 4.35. The first kappa shape index (κ1) is 51.3. The van der Waals surface area contributed by atoms with Gasteiger partial charge in [0.2, 0.25) is 17.7 Å². The second-order valence-electron chi connectivity index (χ2n) is 19.5. The Bertz CT molecular complexity index is 2500. The number of aromatic nitrogens is 1. The number of likely N-dealkylation sites (tertiary alicyclic amines) is 1. The van der Waals surface area contributed by atoms with Crippen LogP contribution in [-0.4, -0.2) is 120 Å². The summed E-state index contributed by atoms with van der Waals surface area (Å²) in [6.45, 7) is 17.8. The number of rotatable bonds is 20. The quantitative estimate of drug-likeness (QED) is 0.0637. The van der Waals surface area contributed by atoms with Crippen LogP contribution in [0, 0.1) is 23.1 Å². The summed E-state index contributed by atoms with van der Waals surface area (Å²) < 4.78 is 29.8. The number of aryl methyl sites for hydroxylation is 1. The van der Waals surface area contributed by atoms with Gasteiger partial charge in [-0.25, -0.2) is 9.82 Å². The fourth-order valence-corrected chi connectivity index (χ4v) is 10.1. The van der Waals surface area contributed by atoms with Gasteiger partial charge in [-0.05, 0) is 110 Å². The lowest BCUT2D eigenvalue weighted by atomic mass is 9.83. The lowest BCUT2D eigenvalue weighted by molar-refractivity contribution is -0.146. The first-order chi connectivity index (χ1) is 32.4.